The molecule has 27 heavy (non-hydrogen) atoms. The van der Waals surface area contributed by atoms with E-state index in [1.165, 1.54) is 34.5 Å². The van der Waals surface area contributed by atoms with Gasteiger partial charge < -0.3 is 24.3 Å². The molecule has 7 heteroatoms. The lowest BCUT2D eigenvalue weighted by Gasteiger charge is -2.13. The topological polar surface area (TPSA) is 89.8 Å². The molecule has 0 bridgehead atoms. The highest BCUT2D eigenvalue weighted by atomic mass is 16.5. The smallest absolute Gasteiger partial charge is 0.266 e. The summed E-state index contributed by atoms with van der Waals surface area (Å²) in [5, 5.41) is 12.1. The van der Waals surface area contributed by atoms with E-state index in [1.807, 2.05) is 6.07 Å². The van der Waals surface area contributed by atoms with Crippen LogP contribution in [-0.2, 0) is 4.79 Å². The molecule has 0 unspecified atom stereocenters. The second-order valence-corrected chi connectivity index (χ2v) is 5.31. The van der Waals surface area contributed by atoms with Gasteiger partial charge in [0.15, 0.2) is 11.5 Å². The maximum atomic E-state index is 12.4. The van der Waals surface area contributed by atoms with Crippen molar-refractivity contribution in [2.75, 3.05) is 33.8 Å². The van der Waals surface area contributed by atoms with Crippen molar-refractivity contribution < 1.29 is 23.7 Å². The number of methoxy groups -OCH3 is 4. The van der Waals surface area contributed by atoms with E-state index in [-0.39, 0.29) is 5.57 Å². The van der Waals surface area contributed by atoms with Crippen LogP contribution in [0.5, 0.6) is 23.0 Å². The zero-order chi connectivity index (χ0) is 19.8. The molecule has 0 aromatic heterocycles. The Morgan fingerprint density at radius 2 is 1.67 bits per heavy atom. The predicted octanol–water partition coefficient (Wildman–Crippen LogP) is 3.27. The summed E-state index contributed by atoms with van der Waals surface area (Å²) in [6.07, 6.45) is 1.44. The average molecular weight is 368 g/mol. The van der Waals surface area contributed by atoms with Crippen LogP contribution >= 0.6 is 0 Å². The molecular weight excluding hydrogens is 348 g/mol. The van der Waals surface area contributed by atoms with Gasteiger partial charge in [-0.1, -0.05) is 6.07 Å². The van der Waals surface area contributed by atoms with Crippen LogP contribution in [0.15, 0.2) is 42.0 Å². The van der Waals surface area contributed by atoms with E-state index in [9.17, 15) is 10.1 Å². The molecule has 0 radical (unpaired) electrons. The lowest BCUT2D eigenvalue weighted by atomic mass is 10.1. The Labute approximate surface area is 157 Å². The summed E-state index contributed by atoms with van der Waals surface area (Å²) < 4.78 is 21.0. The Bertz CT molecular complexity index is 874. The van der Waals surface area contributed by atoms with Crippen LogP contribution in [0.2, 0.25) is 0 Å². The van der Waals surface area contributed by atoms with Crippen LogP contribution in [-0.4, -0.2) is 34.3 Å². The van der Waals surface area contributed by atoms with Crippen molar-refractivity contribution in [2.24, 2.45) is 0 Å². The fourth-order valence-electron chi connectivity index (χ4n) is 2.40. The van der Waals surface area contributed by atoms with E-state index >= 15 is 0 Å². The quantitative estimate of drug-likeness (QED) is 0.596. The fourth-order valence-corrected chi connectivity index (χ4v) is 2.40. The second kappa shape index (κ2) is 9.15. The van der Waals surface area contributed by atoms with E-state index < -0.39 is 5.91 Å². The number of nitrogens with zero attached hydrogens (tertiary/aromatic N) is 1. The number of nitrogens with one attached hydrogen (secondary N) is 1. The van der Waals surface area contributed by atoms with Crippen molar-refractivity contribution in [3.8, 4) is 29.1 Å². The van der Waals surface area contributed by atoms with Crippen molar-refractivity contribution in [1.29, 1.82) is 5.26 Å². The van der Waals surface area contributed by atoms with Crippen LogP contribution < -0.4 is 24.3 Å². The van der Waals surface area contributed by atoms with Crippen LogP contribution in [0.4, 0.5) is 5.69 Å². The first-order chi connectivity index (χ1) is 13.1. The van der Waals surface area contributed by atoms with Crippen LogP contribution in [0.1, 0.15) is 5.56 Å². The Hall–Kier alpha value is -3.66. The molecule has 2 aromatic rings. The Kier molecular flexibility index (Phi) is 6.67. The maximum absolute atomic E-state index is 12.4. The number of hydrogen-bond acceptors (Lipinski definition) is 6. The first-order valence-corrected chi connectivity index (χ1v) is 7.93. The average Bonchev–Trinajstić information content (AvgIpc) is 2.70. The summed E-state index contributed by atoms with van der Waals surface area (Å²) in [6.45, 7) is 0. The van der Waals surface area contributed by atoms with Crippen molar-refractivity contribution in [2.45, 2.75) is 0 Å². The third kappa shape index (κ3) is 4.70. The molecule has 0 atom stereocenters. The molecule has 1 amide bonds. The summed E-state index contributed by atoms with van der Waals surface area (Å²) in [5.74, 6) is 1.33. The van der Waals surface area contributed by atoms with Crippen LogP contribution in [0.25, 0.3) is 6.08 Å². The number of hydrogen-bond donors (Lipinski definition) is 1. The number of nitriles is 1. The summed E-state index contributed by atoms with van der Waals surface area (Å²) in [5.41, 5.74) is 0.999. The molecule has 0 saturated heterocycles. The SMILES string of the molecule is COc1cccc(NC(=O)/C(C#N)=C/c2cc(OC)c(OC)c(OC)c2)c1. The molecule has 0 saturated carbocycles. The van der Waals surface area contributed by atoms with E-state index in [4.69, 9.17) is 18.9 Å². The monoisotopic (exact) mass is 368 g/mol. The van der Waals surface area contributed by atoms with Gasteiger partial charge in [0.2, 0.25) is 5.75 Å². The van der Waals surface area contributed by atoms with Gasteiger partial charge in [-0.15, -0.1) is 0 Å². The van der Waals surface area contributed by atoms with Gasteiger partial charge in [-0.3, -0.25) is 4.79 Å². The van der Waals surface area contributed by atoms with E-state index in [1.54, 1.807) is 36.4 Å². The zero-order valence-corrected chi connectivity index (χ0v) is 15.5. The van der Waals surface area contributed by atoms with Crippen LogP contribution in [0.3, 0.4) is 0 Å². The highest BCUT2D eigenvalue weighted by Gasteiger charge is 2.15. The highest BCUT2D eigenvalue weighted by molar-refractivity contribution is 6.09. The normalized spacial score (nSPS) is 10.6. The number of anilines is 1. The summed E-state index contributed by atoms with van der Waals surface area (Å²) in [4.78, 5) is 12.4. The van der Waals surface area contributed by atoms with Gasteiger partial charge in [0, 0.05) is 11.8 Å². The standard InChI is InChI=1S/C20H20N2O5/c1-24-16-7-5-6-15(11-16)22-20(23)14(12-21)8-13-9-17(25-2)19(27-4)18(10-13)26-3/h5-11H,1-4H3,(H,22,23)/b14-8+. The Morgan fingerprint density at radius 3 is 2.19 bits per heavy atom. The molecule has 0 aliphatic carbocycles. The van der Waals surface area contributed by atoms with Gasteiger partial charge in [-0.2, -0.15) is 5.26 Å². The number of amides is 1. The van der Waals surface area contributed by atoms with Crippen molar-refractivity contribution >= 4 is 17.7 Å². The number of carbonyl (C=O) groups excluding carboxylic acids is 1. The fraction of sp³-hybridized carbons (Fsp3) is 0.200. The first-order valence-electron chi connectivity index (χ1n) is 7.93. The second-order valence-electron chi connectivity index (χ2n) is 5.31. The van der Waals surface area contributed by atoms with E-state index in [0.717, 1.165) is 0 Å². The molecule has 0 heterocycles. The van der Waals surface area contributed by atoms with Crippen molar-refractivity contribution in [3.63, 3.8) is 0 Å². The first kappa shape index (κ1) is 19.7. The van der Waals surface area contributed by atoms with E-state index in [0.29, 0.717) is 34.2 Å². The highest BCUT2D eigenvalue weighted by Crippen LogP contribution is 2.38. The van der Waals surface area contributed by atoms with Gasteiger partial charge in [-0.05, 0) is 35.9 Å². The predicted molar refractivity (Wildman–Crippen MR) is 101 cm³/mol. The Balaban J connectivity index is 2.34. The van der Waals surface area contributed by atoms with Crippen LogP contribution in [0, 0.1) is 11.3 Å². The van der Waals surface area contributed by atoms with Gasteiger partial charge in [0.25, 0.3) is 5.91 Å². The molecule has 2 aromatic carbocycles. The molecule has 0 aliphatic rings. The van der Waals surface area contributed by atoms with Gasteiger partial charge in [0.05, 0.1) is 28.4 Å². The summed E-state index contributed by atoms with van der Waals surface area (Å²) in [7, 11) is 6.02. The molecular formula is C20H20N2O5. The minimum Gasteiger partial charge on any atom is -0.497 e. The lowest BCUT2D eigenvalue weighted by Crippen LogP contribution is -2.13. The van der Waals surface area contributed by atoms with Crippen molar-refractivity contribution in [1.82, 2.24) is 0 Å². The molecule has 0 aliphatic heterocycles. The number of carbonyl (C=O) groups is 1. The summed E-state index contributed by atoms with van der Waals surface area (Å²) in [6, 6.07) is 12.1. The maximum Gasteiger partial charge on any atom is 0.266 e. The molecule has 2 rings (SSSR count). The third-order valence-corrected chi connectivity index (χ3v) is 3.69. The van der Waals surface area contributed by atoms with Gasteiger partial charge in [-0.25, -0.2) is 0 Å². The summed E-state index contributed by atoms with van der Waals surface area (Å²) >= 11 is 0. The van der Waals surface area contributed by atoms with E-state index in [2.05, 4.69) is 5.32 Å². The Morgan fingerprint density at radius 1 is 1.00 bits per heavy atom. The van der Waals surface area contributed by atoms with Crippen molar-refractivity contribution in [3.05, 3.63) is 47.5 Å². The molecule has 0 fully saturated rings. The number of rotatable bonds is 7. The molecule has 140 valence electrons. The lowest BCUT2D eigenvalue weighted by molar-refractivity contribution is -0.112. The largest absolute Gasteiger partial charge is 0.497 e. The third-order valence-electron chi connectivity index (χ3n) is 3.69. The molecule has 0 spiro atoms. The zero-order valence-electron chi connectivity index (χ0n) is 15.5. The number of ether oxygens (including phenoxy) is 4. The minimum atomic E-state index is -0.542. The van der Waals surface area contributed by atoms with Gasteiger partial charge >= 0.3 is 0 Å². The molecule has 7 nitrogen and oxygen atoms in total. The molecule has 1 N–H and O–H groups in total. The minimum absolute atomic E-state index is 0.0768. The van der Waals surface area contributed by atoms with Gasteiger partial charge in [0.1, 0.15) is 17.4 Å². The number of benzene rings is 2.